The molecule has 0 saturated heterocycles. The Morgan fingerprint density at radius 1 is 1.21 bits per heavy atom. The Labute approximate surface area is 143 Å². The Bertz CT molecular complexity index is 970. The molecule has 24 heavy (non-hydrogen) atoms. The molecule has 126 valence electrons. The number of nitrogens with two attached hydrogens (primary N) is 1. The van der Waals surface area contributed by atoms with E-state index in [2.05, 4.69) is 10.3 Å². The van der Waals surface area contributed by atoms with Gasteiger partial charge in [0.1, 0.15) is 10.7 Å². The van der Waals surface area contributed by atoms with Gasteiger partial charge < -0.3 is 5.32 Å². The van der Waals surface area contributed by atoms with E-state index in [9.17, 15) is 12.8 Å². The van der Waals surface area contributed by atoms with Crippen LogP contribution in [0.3, 0.4) is 0 Å². The average molecular weight is 365 g/mol. The van der Waals surface area contributed by atoms with Crippen molar-refractivity contribution >= 4 is 31.6 Å². The number of nitrogens with one attached hydrogen (secondary N) is 1. The maximum Gasteiger partial charge on any atom is 0.239 e. The van der Waals surface area contributed by atoms with Crippen molar-refractivity contribution in [3.05, 3.63) is 58.9 Å². The number of aromatic nitrogens is 1. The fourth-order valence-corrected chi connectivity index (χ4v) is 4.45. The minimum atomic E-state index is -3.76. The third-order valence-electron chi connectivity index (χ3n) is 3.46. The lowest BCUT2D eigenvalue weighted by molar-refractivity contribution is 0.598. The number of sulfonamides is 1. The van der Waals surface area contributed by atoms with E-state index in [4.69, 9.17) is 5.14 Å². The van der Waals surface area contributed by atoms with Crippen molar-refractivity contribution in [3.8, 4) is 0 Å². The number of fused-ring (bicyclic) bond motifs is 1. The number of hydrogen-bond donors (Lipinski definition) is 2. The zero-order valence-electron chi connectivity index (χ0n) is 12.7. The summed E-state index contributed by atoms with van der Waals surface area (Å²) in [7, 11) is -3.76. The number of rotatable bonds is 6. The molecule has 0 unspecified atom stereocenters. The molecule has 0 fully saturated rings. The summed E-state index contributed by atoms with van der Waals surface area (Å²) < 4.78 is 36.9. The molecule has 5 nitrogen and oxygen atoms in total. The van der Waals surface area contributed by atoms with E-state index in [0.717, 1.165) is 10.6 Å². The fourth-order valence-electron chi connectivity index (χ4n) is 2.38. The van der Waals surface area contributed by atoms with Gasteiger partial charge >= 0.3 is 0 Å². The number of thiazole rings is 1. The second kappa shape index (κ2) is 6.94. The van der Waals surface area contributed by atoms with Crippen LogP contribution in [0.15, 0.2) is 47.4 Å². The lowest BCUT2D eigenvalue weighted by atomic mass is 10.2. The van der Waals surface area contributed by atoms with Crippen LogP contribution in [0.4, 0.5) is 4.39 Å². The summed E-state index contributed by atoms with van der Waals surface area (Å²) in [6.07, 6.45) is 0.652. The predicted octanol–water partition coefficient (Wildman–Crippen LogP) is 2.42. The van der Waals surface area contributed by atoms with E-state index in [1.54, 1.807) is 18.2 Å². The molecule has 1 aromatic heterocycles. The van der Waals surface area contributed by atoms with Crippen LogP contribution in [0.1, 0.15) is 10.6 Å². The van der Waals surface area contributed by atoms with Crippen LogP contribution in [0, 0.1) is 5.82 Å². The number of primary sulfonamides is 1. The molecule has 0 bridgehead atoms. The van der Waals surface area contributed by atoms with Crippen molar-refractivity contribution in [3.63, 3.8) is 0 Å². The molecule has 3 N–H and O–H groups in total. The van der Waals surface area contributed by atoms with Crippen molar-refractivity contribution in [1.82, 2.24) is 10.3 Å². The van der Waals surface area contributed by atoms with Crippen molar-refractivity contribution < 1.29 is 12.8 Å². The second-order valence-corrected chi connectivity index (χ2v) is 7.93. The molecule has 0 aliphatic rings. The molecule has 0 aliphatic carbocycles. The Morgan fingerprint density at radius 3 is 2.75 bits per heavy atom. The first-order chi connectivity index (χ1) is 11.4. The van der Waals surface area contributed by atoms with E-state index in [1.165, 1.54) is 29.5 Å². The second-order valence-electron chi connectivity index (χ2n) is 5.31. The van der Waals surface area contributed by atoms with Gasteiger partial charge in [-0.3, -0.25) is 0 Å². The first-order valence-corrected chi connectivity index (χ1v) is 9.66. The summed E-state index contributed by atoms with van der Waals surface area (Å²) in [5, 5.41) is 9.29. The Balaban J connectivity index is 1.66. The molecule has 0 saturated carbocycles. The fraction of sp³-hybridized carbons (Fsp3) is 0.188. The van der Waals surface area contributed by atoms with Crippen LogP contribution in [-0.4, -0.2) is 19.9 Å². The highest BCUT2D eigenvalue weighted by Crippen LogP contribution is 2.28. The van der Waals surface area contributed by atoms with Crippen LogP contribution in [-0.2, 0) is 23.0 Å². The molecule has 0 atom stereocenters. The van der Waals surface area contributed by atoms with Crippen LogP contribution in [0.25, 0.3) is 10.2 Å². The molecule has 8 heteroatoms. The maximum absolute atomic E-state index is 13.1. The van der Waals surface area contributed by atoms with Gasteiger partial charge in [0.15, 0.2) is 0 Å². The summed E-state index contributed by atoms with van der Waals surface area (Å²) >= 11 is 1.33. The molecule has 0 aliphatic heterocycles. The van der Waals surface area contributed by atoms with E-state index >= 15 is 0 Å². The molecule has 0 spiro atoms. The van der Waals surface area contributed by atoms with Gasteiger partial charge in [-0.1, -0.05) is 18.2 Å². The molecule has 1 heterocycles. The first-order valence-electron chi connectivity index (χ1n) is 7.30. The van der Waals surface area contributed by atoms with Crippen LogP contribution < -0.4 is 10.5 Å². The van der Waals surface area contributed by atoms with Gasteiger partial charge in [-0.05, 0) is 29.8 Å². The zero-order valence-corrected chi connectivity index (χ0v) is 14.3. The lowest BCUT2D eigenvalue weighted by Gasteiger charge is -2.03. The van der Waals surface area contributed by atoms with E-state index in [1.807, 2.05) is 6.07 Å². The number of benzene rings is 2. The summed E-state index contributed by atoms with van der Waals surface area (Å²) in [5.41, 5.74) is 1.50. The minimum absolute atomic E-state index is 0.108. The monoisotopic (exact) mass is 365 g/mol. The van der Waals surface area contributed by atoms with Crippen molar-refractivity contribution in [1.29, 1.82) is 0 Å². The van der Waals surface area contributed by atoms with Crippen molar-refractivity contribution in [2.45, 2.75) is 17.9 Å². The maximum atomic E-state index is 13.1. The minimum Gasteiger partial charge on any atom is -0.312 e. The molecule has 2 aromatic carbocycles. The molecule has 3 aromatic rings. The van der Waals surface area contributed by atoms with E-state index < -0.39 is 10.0 Å². The van der Waals surface area contributed by atoms with Crippen LogP contribution in [0.5, 0.6) is 0 Å². The SMILES string of the molecule is NS(=O)(=O)c1cccc2nc(CCNCc3cccc(F)c3)sc12. The number of halogens is 1. The summed E-state index contributed by atoms with van der Waals surface area (Å²) in [6.45, 7) is 1.21. The molecule has 3 rings (SSSR count). The lowest BCUT2D eigenvalue weighted by Crippen LogP contribution is -2.16. The topological polar surface area (TPSA) is 85.1 Å². The van der Waals surface area contributed by atoms with Gasteiger partial charge in [0.25, 0.3) is 0 Å². The highest BCUT2D eigenvalue weighted by molar-refractivity contribution is 7.89. The smallest absolute Gasteiger partial charge is 0.239 e. The highest BCUT2D eigenvalue weighted by Gasteiger charge is 2.15. The Morgan fingerprint density at radius 2 is 2.00 bits per heavy atom. The van der Waals surface area contributed by atoms with Crippen LogP contribution in [0.2, 0.25) is 0 Å². The summed E-state index contributed by atoms with van der Waals surface area (Å²) in [5.74, 6) is -0.254. The summed E-state index contributed by atoms with van der Waals surface area (Å²) in [6, 6.07) is 11.3. The average Bonchev–Trinajstić information content (AvgIpc) is 2.93. The molecule has 0 amide bonds. The number of nitrogens with zero attached hydrogens (tertiary/aromatic N) is 1. The quantitative estimate of drug-likeness (QED) is 0.657. The highest BCUT2D eigenvalue weighted by atomic mass is 32.2. The van der Waals surface area contributed by atoms with Gasteiger partial charge in [0, 0.05) is 19.5 Å². The van der Waals surface area contributed by atoms with E-state index in [-0.39, 0.29) is 10.7 Å². The molecule has 0 radical (unpaired) electrons. The third-order valence-corrected chi connectivity index (χ3v) is 5.71. The van der Waals surface area contributed by atoms with Crippen molar-refractivity contribution in [2.75, 3.05) is 6.54 Å². The van der Waals surface area contributed by atoms with Crippen molar-refractivity contribution in [2.24, 2.45) is 5.14 Å². The standard InChI is InChI=1S/C16H16FN3O2S2/c17-12-4-1-3-11(9-12)10-19-8-7-15-20-13-5-2-6-14(16(13)23-15)24(18,21)22/h1-6,9,19H,7-8,10H2,(H2,18,21,22). The van der Waals surface area contributed by atoms with Gasteiger partial charge in [-0.25, -0.2) is 22.9 Å². The predicted molar refractivity (Wildman–Crippen MR) is 92.8 cm³/mol. The first kappa shape index (κ1) is 17.0. The van der Waals surface area contributed by atoms with Gasteiger partial charge in [-0.2, -0.15) is 0 Å². The van der Waals surface area contributed by atoms with Crippen LogP contribution >= 0.6 is 11.3 Å². The molecular formula is C16H16FN3O2S2. The van der Waals surface area contributed by atoms with E-state index in [0.29, 0.717) is 29.7 Å². The normalized spacial score (nSPS) is 11.9. The molecular weight excluding hydrogens is 349 g/mol. The largest absolute Gasteiger partial charge is 0.312 e. The third kappa shape index (κ3) is 3.96. The van der Waals surface area contributed by atoms with Gasteiger partial charge in [-0.15, -0.1) is 11.3 Å². The zero-order chi connectivity index (χ0) is 17.2. The van der Waals surface area contributed by atoms with Gasteiger partial charge in [0.05, 0.1) is 15.2 Å². The summed E-state index contributed by atoms with van der Waals surface area (Å²) in [4.78, 5) is 4.55. The van der Waals surface area contributed by atoms with Gasteiger partial charge in [0.2, 0.25) is 10.0 Å². The number of hydrogen-bond acceptors (Lipinski definition) is 5. The Hall–Kier alpha value is -1.87. The Kier molecular flexibility index (Phi) is 4.91.